The summed E-state index contributed by atoms with van der Waals surface area (Å²) < 4.78 is 4.88. The van der Waals surface area contributed by atoms with Gasteiger partial charge in [0.2, 0.25) is 5.91 Å². The van der Waals surface area contributed by atoms with Crippen molar-refractivity contribution in [1.29, 1.82) is 0 Å². The van der Waals surface area contributed by atoms with Crippen molar-refractivity contribution in [3.8, 4) is 0 Å². The van der Waals surface area contributed by atoms with Crippen LogP contribution < -0.4 is 11.1 Å². The first-order valence-corrected chi connectivity index (χ1v) is 7.25. The summed E-state index contributed by atoms with van der Waals surface area (Å²) in [6, 6.07) is 7.57. The zero-order valence-corrected chi connectivity index (χ0v) is 12.3. The van der Waals surface area contributed by atoms with Gasteiger partial charge in [0.25, 0.3) is 0 Å². The third-order valence-corrected chi connectivity index (χ3v) is 3.72. The molecule has 2 rings (SSSR count). The molecule has 0 bridgehead atoms. The average Bonchev–Trinajstić information content (AvgIpc) is 2.79. The van der Waals surface area contributed by atoms with Gasteiger partial charge < -0.3 is 15.6 Å². The standard InChI is InChI=1S/C14H17N3O2S/c1-9-3-4-11(15)12(7-9)20-6-5-14(18)16-13-8-10(2)19-17-13/h3-4,7-8H,5-6,15H2,1-2H3,(H,16,17,18). The molecule has 6 heteroatoms. The monoisotopic (exact) mass is 291 g/mol. The highest BCUT2D eigenvalue weighted by molar-refractivity contribution is 7.99. The fourth-order valence-electron chi connectivity index (χ4n) is 1.65. The van der Waals surface area contributed by atoms with E-state index in [0.29, 0.717) is 23.8 Å². The van der Waals surface area contributed by atoms with Crippen LogP contribution in [0.5, 0.6) is 0 Å². The number of thioether (sulfide) groups is 1. The molecule has 0 saturated carbocycles. The van der Waals surface area contributed by atoms with Crippen molar-refractivity contribution < 1.29 is 9.32 Å². The summed E-state index contributed by atoms with van der Waals surface area (Å²) in [6.07, 6.45) is 0.393. The Morgan fingerprint density at radius 2 is 2.20 bits per heavy atom. The minimum absolute atomic E-state index is 0.0861. The number of hydrogen-bond donors (Lipinski definition) is 2. The molecule has 0 fully saturated rings. The zero-order chi connectivity index (χ0) is 14.5. The first kappa shape index (κ1) is 14.5. The van der Waals surface area contributed by atoms with Crippen molar-refractivity contribution in [3.63, 3.8) is 0 Å². The van der Waals surface area contributed by atoms with E-state index in [1.807, 2.05) is 25.1 Å². The molecule has 0 aliphatic rings. The molecule has 1 heterocycles. The van der Waals surface area contributed by atoms with Crippen LogP contribution in [-0.4, -0.2) is 16.8 Å². The third kappa shape index (κ3) is 4.03. The lowest BCUT2D eigenvalue weighted by Crippen LogP contribution is -2.12. The predicted molar refractivity (Wildman–Crippen MR) is 80.8 cm³/mol. The molecule has 5 nitrogen and oxygen atoms in total. The van der Waals surface area contributed by atoms with Gasteiger partial charge in [-0.25, -0.2) is 0 Å². The molecule has 2 aromatic rings. The molecule has 0 spiro atoms. The van der Waals surface area contributed by atoms with Gasteiger partial charge >= 0.3 is 0 Å². The summed E-state index contributed by atoms with van der Waals surface area (Å²) in [7, 11) is 0. The van der Waals surface area contributed by atoms with E-state index in [2.05, 4.69) is 10.5 Å². The molecule has 0 atom stereocenters. The lowest BCUT2D eigenvalue weighted by molar-refractivity contribution is -0.115. The number of carbonyl (C=O) groups excluding carboxylic acids is 1. The van der Waals surface area contributed by atoms with Gasteiger partial charge in [-0.05, 0) is 31.5 Å². The molecule has 1 aromatic carbocycles. The van der Waals surface area contributed by atoms with Crippen molar-refractivity contribution >= 4 is 29.2 Å². The zero-order valence-electron chi connectivity index (χ0n) is 11.5. The van der Waals surface area contributed by atoms with Gasteiger partial charge in [0, 0.05) is 28.8 Å². The first-order chi connectivity index (χ1) is 9.54. The second kappa shape index (κ2) is 6.47. The Balaban J connectivity index is 1.80. The van der Waals surface area contributed by atoms with E-state index < -0.39 is 0 Å². The number of rotatable bonds is 5. The van der Waals surface area contributed by atoms with Crippen LogP contribution in [0.2, 0.25) is 0 Å². The van der Waals surface area contributed by atoms with Gasteiger partial charge in [-0.1, -0.05) is 11.2 Å². The van der Waals surface area contributed by atoms with Gasteiger partial charge in [0.15, 0.2) is 5.82 Å². The summed E-state index contributed by atoms with van der Waals surface area (Å²) in [5.74, 6) is 1.70. The highest BCUT2D eigenvalue weighted by Crippen LogP contribution is 2.26. The van der Waals surface area contributed by atoms with Crippen LogP contribution in [0.3, 0.4) is 0 Å². The van der Waals surface area contributed by atoms with Crippen LogP contribution in [0.1, 0.15) is 17.7 Å². The molecule has 3 N–H and O–H groups in total. The molecule has 0 aliphatic carbocycles. The van der Waals surface area contributed by atoms with E-state index in [1.165, 1.54) is 0 Å². The molecular weight excluding hydrogens is 274 g/mol. The summed E-state index contributed by atoms with van der Waals surface area (Å²) in [5.41, 5.74) is 7.79. The maximum absolute atomic E-state index is 11.7. The molecule has 1 aromatic heterocycles. The topological polar surface area (TPSA) is 81.2 Å². The molecular formula is C14H17N3O2S. The van der Waals surface area contributed by atoms with E-state index in [0.717, 1.165) is 16.1 Å². The van der Waals surface area contributed by atoms with Crippen molar-refractivity contribution in [1.82, 2.24) is 5.16 Å². The number of nitrogen functional groups attached to an aromatic ring is 1. The van der Waals surface area contributed by atoms with Crippen LogP contribution >= 0.6 is 11.8 Å². The van der Waals surface area contributed by atoms with Crippen LogP contribution in [0.15, 0.2) is 33.7 Å². The van der Waals surface area contributed by atoms with E-state index in [-0.39, 0.29) is 5.91 Å². The summed E-state index contributed by atoms with van der Waals surface area (Å²) in [4.78, 5) is 12.7. The first-order valence-electron chi connectivity index (χ1n) is 6.26. The van der Waals surface area contributed by atoms with E-state index >= 15 is 0 Å². The van der Waals surface area contributed by atoms with Gasteiger partial charge in [-0.15, -0.1) is 11.8 Å². The van der Waals surface area contributed by atoms with Crippen molar-refractivity contribution in [3.05, 3.63) is 35.6 Å². The largest absolute Gasteiger partial charge is 0.398 e. The quantitative estimate of drug-likeness (QED) is 0.654. The van der Waals surface area contributed by atoms with Crippen LogP contribution in [0.4, 0.5) is 11.5 Å². The number of benzene rings is 1. The van der Waals surface area contributed by atoms with Gasteiger partial charge in [-0.2, -0.15) is 0 Å². The summed E-state index contributed by atoms with van der Waals surface area (Å²) in [6.45, 7) is 3.79. The van der Waals surface area contributed by atoms with Gasteiger partial charge in [-0.3, -0.25) is 4.79 Å². The molecule has 0 aliphatic heterocycles. The Hall–Kier alpha value is -1.95. The highest BCUT2D eigenvalue weighted by atomic mass is 32.2. The number of carbonyl (C=O) groups is 1. The molecule has 20 heavy (non-hydrogen) atoms. The van der Waals surface area contributed by atoms with Crippen molar-refractivity contribution in [2.45, 2.75) is 25.2 Å². The maximum atomic E-state index is 11.7. The predicted octanol–water partition coefficient (Wildman–Crippen LogP) is 2.99. The molecule has 0 unspecified atom stereocenters. The third-order valence-electron chi connectivity index (χ3n) is 2.65. The number of aryl methyl sites for hydroxylation is 2. The Morgan fingerprint density at radius 1 is 1.40 bits per heavy atom. The van der Waals surface area contributed by atoms with Crippen LogP contribution in [0.25, 0.3) is 0 Å². The van der Waals surface area contributed by atoms with Crippen LogP contribution in [-0.2, 0) is 4.79 Å². The number of nitrogens with zero attached hydrogens (tertiary/aromatic N) is 1. The minimum Gasteiger partial charge on any atom is -0.398 e. The number of hydrogen-bond acceptors (Lipinski definition) is 5. The van der Waals surface area contributed by atoms with E-state index in [1.54, 1.807) is 24.8 Å². The SMILES string of the molecule is Cc1ccc(N)c(SCCC(=O)Nc2cc(C)on2)c1. The fraction of sp³-hybridized carbons (Fsp3) is 0.286. The smallest absolute Gasteiger partial charge is 0.226 e. The Kier molecular flexibility index (Phi) is 4.68. The Labute approximate surface area is 121 Å². The molecule has 1 amide bonds. The van der Waals surface area contributed by atoms with E-state index in [4.69, 9.17) is 10.3 Å². The van der Waals surface area contributed by atoms with E-state index in [9.17, 15) is 4.79 Å². The van der Waals surface area contributed by atoms with Crippen LogP contribution in [0, 0.1) is 13.8 Å². The summed E-state index contributed by atoms with van der Waals surface area (Å²) in [5, 5.41) is 6.40. The molecule has 106 valence electrons. The summed E-state index contributed by atoms with van der Waals surface area (Å²) >= 11 is 1.58. The number of nitrogens with two attached hydrogens (primary N) is 1. The molecule has 0 radical (unpaired) electrons. The number of aromatic nitrogens is 1. The fourth-order valence-corrected chi connectivity index (χ4v) is 2.66. The average molecular weight is 291 g/mol. The number of anilines is 2. The Morgan fingerprint density at radius 3 is 2.90 bits per heavy atom. The number of amides is 1. The highest BCUT2D eigenvalue weighted by Gasteiger charge is 2.07. The normalized spacial score (nSPS) is 10.5. The second-order valence-corrected chi connectivity index (χ2v) is 5.65. The van der Waals surface area contributed by atoms with Crippen molar-refractivity contribution in [2.75, 3.05) is 16.8 Å². The van der Waals surface area contributed by atoms with Gasteiger partial charge in [0.05, 0.1) is 0 Å². The molecule has 0 saturated heterocycles. The lowest BCUT2D eigenvalue weighted by Gasteiger charge is -2.06. The number of nitrogens with one attached hydrogen (secondary N) is 1. The maximum Gasteiger partial charge on any atom is 0.226 e. The van der Waals surface area contributed by atoms with Gasteiger partial charge in [0.1, 0.15) is 5.76 Å². The minimum atomic E-state index is -0.0861. The second-order valence-electron chi connectivity index (χ2n) is 4.51. The Bertz CT molecular complexity index is 610. The van der Waals surface area contributed by atoms with Crippen molar-refractivity contribution in [2.24, 2.45) is 0 Å². The lowest BCUT2D eigenvalue weighted by atomic mass is 10.2.